The van der Waals surface area contributed by atoms with Crippen molar-refractivity contribution in [2.75, 3.05) is 19.5 Å². The number of aromatic hydroxyl groups is 1. The van der Waals surface area contributed by atoms with Crippen LogP contribution in [0.5, 0.6) is 5.75 Å². The number of hydrogen-bond acceptors (Lipinski definition) is 6. The van der Waals surface area contributed by atoms with Gasteiger partial charge >= 0.3 is 11.9 Å². The van der Waals surface area contributed by atoms with E-state index in [2.05, 4.69) is 14.8 Å². The van der Waals surface area contributed by atoms with Crippen molar-refractivity contribution >= 4 is 17.6 Å². The van der Waals surface area contributed by atoms with Crippen molar-refractivity contribution in [3.05, 3.63) is 35.8 Å². The minimum atomic E-state index is -0.839. The van der Waals surface area contributed by atoms with Crippen LogP contribution in [-0.2, 0) is 19.1 Å². The number of nitrogens with one attached hydrogen (secondary N) is 1. The Morgan fingerprint density at radius 3 is 2.53 bits per heavy atom. The fraction of sp³-hybridized carbons (Fsp3) is 0.167. The summed E-state index contributed by atoms with van der Waals surface area (Å²) in [5.74, 6) is -2.68. The Morgan fingerprint density at radius 1 is 1.32 bits per heavy atom. The van der Waals surface area contributed by atoms with Crippen LogP contribution in [0.3, 0.4) is 0 Å². The number of carbonyl (C=O) groups is 2. The van der Waals surface area contributed by atoms with Gasteiger partial charge in [0.25, 0.3) is 0 Å². The first kappa shape index (κ1) is 14.5. The molecule has 1 aromatic carbocycles. The standard InChI is InChI=1S/C12H12FNO5/c1-18-11(16)6-9(12(17)19-2)14-8-4-3-7(13)5-10(8)15/h3-6,14-15H,1-2H3/b9-6+. The molecule has 0 spiro atoms. The van der Waals surface area contributed by atoms with E-state index in [1.807, 2.05) is 0 Å². The second-order valence-electron chi connectivity index (χ2n) is 3.36. The minimum absolute atomic E-state index is 0.0435. The SMILES string of the molecule is COC(=O)/C=C(/Nc1ccc(F)cc1O)C(=O)OC. The van der Waals surface area contributed by atoms with Gasteiger partial charge in [-0.05, 0) is 12.1 Å². The molecule has 0 unspecified atom stereocenters. The highest BCUT2D eigenvalue weighted by atomic mass is 19.1. The molecule has 2 N–H and O–H groups in total. The summed E-state index contributed by atoms with van der Waals surface area (Å²) >= 11 is 0. The number of halogens is 1. The quantitative estimate of drug-likeness (QED) is 0.485. The van der Waals surface area contributed by atoms with E-state index in [0.717, 1.165) is 32.4 Å². The van der Waals surface area contributed by atoms with Crippen LogP contribution in [-0.4, -0.2) is 31.3 Å². The number of benzene rings is 1. The van der Waals surface area contributed by atoms with Gasteiger partial charge in [0.2, 0.25) is 0 Å². The first-order chi connectivity index (χ1) is 8.97. The van der Waals surface area contributed by atoms with Crippen molar-refractivity contribution in [2.24, 2.45) is 0 Å². The van der Waals surface area contributed by atoms with Crippen LogP contribution < -0.4 is 5.32 Å². The van der Waals surface area contributed by atoms with Gasteiger partial charge in [-0.1, -0.05) is 0 Å². The summed E-state index contributed by atoms with van der Waals surface area (Å²) in [4.78, 5) is 22.5. The second kappa shape index (κ2) is 6.39. The van der Waals surface area contributed by atoms with E-state index >= 15 is 0 Å². The Morgan fingerprint density at radius 2 is 2.00 bits per heavy atom. The number of rotatable bonds is 4. The third-order valence-corrected chi connectivity index (χ3v) is 2.10. The molecule has 0 saturated heterocycles. The summed E-state index contributed by atoms with van der Waals surface area (Å²) in [5.41, 5.74) is -0.210. The zero-order valence-corrected chi connectivity index (χ0v) is 10.3. The van der Waals surface area contributed by atoms with E-state index in [0.29, 0.717) is 0 Å². The number of phenols is 1. The van der Waals surface area contributed by atoms with Gasteiger partial charge < -0.3 is 19.9 Å². The smallest absolute Gasteiger partial charge is 0.354 e. The molecule has 6 nitrogen and oxygen atoms in total. The molecule has 1 aromatic rings. The van der Waals surface area contributed by atoms with Crippen LogP contribution in [0.1, 0.15) is 0 Å². The molecule has 0 amide bonds. The highest BCUT2D eigenvalue weighted by Gasteiger charge is 2.14. The summed E-state index contributed by atoms with van der Waals surface area (Å²) in [6.45, 7) is 0. The number of hydrogen-bond donors (Lipinski definition) is 2. The molecule has 0 aliphatic carbocycles. The largest absolute Gasteiger partial charge is 0.506 e. The van der Waals surface area contributed by atoms with Crippen molar-refractivity contribution in [3.8, 4) is 5.75 Å². The van der Waals surface area contributed by atoms with Gasteiger partial charge in [0.15, 0.2) is 0 Å². The molecule has 0 fully saturated rings. The van der Waals surface area contributed by atoms with E-state index < -0.39 is 23.5 Å². The lowest BCUT2D eigenvalue weighted by Gasteiger charge is -2.10. The Kier molecular flexibility index (Phi) is 4.87. The molecular weight excluding hydrogens is 257 g/mol. The average Bonchev–Trinajstić information content (AvgIpc) is 2.39. The first-order valence-electron chi connectivity index (χ1n) is 5.11. The molecule has 0 saturated carbocycles. The third-order valence-electron chi connectivity index (χ3n) is 2.10. The van der Waals surface area contributed by atoms with E-state index in [4.69, 9.17) is 0 Å². The van der Waals surface area contributed by atoms with Crippen molar-refractivity contribution in [2.45, 2.75) is 0 Å². The highest BCUT2D eigenvalue weighted by Crippen LogP contribution is 2.25. The first-order valence-corrected chi connectivity index (χ1v) is 5.11. The van der Waals surface area contributed by atoms with E-state index in [9.17, 15) is 19.1 Å². The Labute approximate surface area is 108 Å². The fourth-order valence-electron chi connectivity index (χ4n) is 1.19. The molecule has 0 heterocycles. The molecule has 0 bridgehead atoms. The molecule has 7 heteroatoms. The molecule has 1 rings (SSSR count). The van der Waals surface area contributed by atoms with E-state index in [1.54, 1.807) is 0 Å². The topological polar surface area (TPSA) is 84.9 Å². The van der Waals surface area contributed by atoms with Crippen molar-refractivity contribution in [1.82, 2.24) is 0 Å². The van der Waals surface area contributed by atoms with E-state index in [-0.39, 0.29) is 11.4 Å². The van der Waals surface area contributed by atoms with E-state index in [1.165, 1.54) is 6.07 Å². The Bertz CT molecular complexity index is 527. The average molecular weight is 269 g/mol. The molecule has 0 aliphatic heterocycles. The number of esters is 2. The van der Waals surface area contributed by atoms with Gasteiger partial charge in [-0.15, -0.1) is 0 Å². The molecule has 0 aliphatic rings. The van der Waals surface area contributed by atoms with Gasteiger partial charge in [0.05, 0.1) is 26.0 Å². The van der Waals surface area contributed by atoms with Crippen molar-refractivity contribution in [3.63, 3.8) is 0 Å². The monoisotopic (exact) mass is 269 g/mol. The zero-order valence-electron chi connectivity index (χ0n) is 10.3. The fourth-order valence-corrected chi connectivity index (χ4v) is 1.19. The van der Waals surface area contributed by atoms with Crippen LogP contribution in [0, 0.1) is 5.82 Å². The summed E-state index contributed by atoms with van der Waals surface area (Å²) in [6, 6.07) is 3.14. The predicted octanol–water partition coefficient (Wildman–Crippen LogP) is 1.17. The van der Waals surface area contributed by atoms with Crippen LogP contribution in [0.2, 0.25) is 0 Å². The summed E-state index contributed by atoms with van der Waals surface area (Å²) < 4.78 is 21.6. The number of phenolic OH excluding ortho intramolecular Hbond substituents is 1. The number of carbonyl (C=O) groups excluding carboxylic acids is 2. The maximum atomic E-state index is 12.8. The van der Waals surface area contributed by atoms with Gasteiger partial charge in [-0.2, -0.15) is 0 Å². The van der Waals surface area contributed by atoms with Crippen LogP contribution in [0.15, 0.2) is 30.0 Å². The maximum Gasteiger partial charge on any atom is 0.354 e. The lowest BCUT2D eigenvalue weighted by atomic mass is 10.2. The molecule has 102 valence electrons. The molecular formula is C12H12FNO5. The van der Waals surface area contributed by atoms with Crippen LogP contribution >= 0.6 is 0 Å². The highest BCUT2D eigenvalue weighted by molar-refractivity contribution is 5.99. The van der Waals surface area contributed by atoms with Gasteiger partial charge in [0.1, 0.15) is 17.3 Å². The normalized spacial score (nSPS) is 10.8. The van der Waals surface area contributed by atoms with Crippen LogP contribution in [0.25, 0.3) is 0 Å². The second-order valence-corrected chi connectivity index (χ2v) is 3.36. The van der Waals surface area contributed by atoms with Gasteiger partial charge in [0, 0.05) is 6.07 Å². The Hall–Kier alpha value is -2.57. The number of anilines is 1. The zero-order chi connectivity index (χ0) is 14.4. The molecule has 0 radical (unpaired) electrons. The summed E-state index contributed by atoms with van der Waals surface area (Å²) in [6.07, 6.45) is 0.856. The summed E-state index contributed by atoms with van der Waals surface area (Å²) in [5, 5.41) is 11.9. The summed E-state index contributed by atoms with van der Waals surface area (Å²) in [7, 11) is 2.27. The lowest BCUT2D eigenvalue weighted by molar-refractivity contribution is -0.138. The van der Waals surface area contributed by atoms with Gasteiger partial charge in [-0.25, -0.2) is 14.0 Å². The maximum absolute atomic E-state index is 12.8. The predicted molar refractivity (Wildman–Crippen MR) is 63.8 cm³/mol. The minimum Gasteiger partial charge on any atom is -0.506 e. The third kappa shape index (κ3) is 3.98. The lowest BCUT2D eigenvalue weighted by Crippen LogP contribution is -2.15. The van der Waals surface area contributed by atoms with Crippen molar-refractivity contribution < 1.29 is 28.6 Å². The molecule has 0 aromatic heterocycles. The Balaban J connectivity index is 3.04. The van der Waals surface area contributed by atoms with Gasteiger partial charge in [-0.3, -0.25) is 0 Å². The molecule has 19 heavy (non-hydrogen) atoms. The molecule has 0 atom stereocenters. The number of ether oxygens (including phenoxy) is 2. The number of methoxy groups -OCH3 is 2. The van der Waals surface area contributed by atoms with Crippen LogP contribution in [0.4, 0.5) is 10.1 Å². The van der Waals surface area contributed by atoms with Crippen molar-refractivity contribution in [1.29, 1.82) is 0 Å².